The molecule has 3 unspecified atom stereocenters. The number of hydrogen-bond donors (Lipinski definition) is 2. The molecule has 0 radical (unpaired) electrons. The molecule has 0 spiro atoms. The fraction of sp³-hybridized carbons (Fsp3) is 0.600. The van der Waals surface area contributed by atoms with Gasteiger partial charge in [0, 0.05) is 24.8 Å². The van der Waals surface area contributed by atoms with Gasteiger partial charge in [0.05, 0.1) is 38.4 Å². The summed E-state index contributed by atoms with van der Waals surface area (Å²) in [6.07, 6.45) is 2.12. The number of morpholine rings is 1. The lowest BCUT2D eigenvalue weighted by Crippen LogP contribution is -2.64. The van der Waals surface area contributed by atoms with Gasteiger partial charge in [-0.25, -0.2) is 0 Å². The number of anilines is 1. The van der Waals surface area contributed by atoms with Crippen molar-refractivity contribution in [1.29, 1.82) is 0 Å². The first kappa shape index (κ1) is 18.4. The number of carbonyl (C=O) groups excluding carboxylic acids is 2. The van der Waals surface area contributed by atoms with Crippen LogP contribution in [0.5, 0.6) is 0 Å². The molecule has 2 saturated heterocycles. The van der Waals surface area contributed by atoms with E-state index in [1.807, 2.05) is 23.1 Å². The van der Waals surface area contributed by atoms with Crippen molar-refractivity contribution >= 4 is 17.5 Å². The molecule has 0 bridgehead atoms. The van der Waals surface area contributed by atoms with Gasteiger partial charge in [-0.3, -0.25) is 19.8 Å². The maximum absolute atomic E-state index is 13.1. The van der Waals surface area contributed by atoms with Gasteiger partial charge in [-0.1, -0.05) is 25.1 Å². The van der Waals surface area contributed by atoms with Crippen molar-refractivity contribution in [3.63, 3.8) is 0 Å². The molecule has 3 atom stereocenters. The van der Waals surface area contributed by atoms with Crippen LogP contribution in [0, 0.1) is 0 Å². The first-order valence-corrected chi connectivity index (χ1v) is 9.93. The van der Waals surface area contributed by atoms with Crippen LogP contribution in [0.3, 0.4) is 0 Å². The largest absolute Gasteiger partial charge is 0.379 e. The third-order valence-corrected chi connectivity index (χ3v) is 5.78. The van der Waals surface area contributed by atoms with E-state index in [1.165, 1.54) is 5.56 Å². The predicted octanol–water partition coefficient (Wildman–Crippen LogP) is 0.838. The minimum absolute atomic E-state index is 0.00287. The third-order valence-electron chi connectivity index (χ3n) is 5.78. The molecule has 7 nitrogen and oxygen atoms in total. The predicted molar refractivity (Wildman–Crippen MR) is 102 cm³/mol. The number of nitrogens with zero attached hydrogens (tertiary/aromatic N) is 2. The molecular weight excluding hydrogens is 344 g/mol. The SMILES string of the molecule is CCC1Cc2ccccc2N1C(=O)CC1NC(=O)CC(N2CCOCC2)N1. The summed E-state index contributed by atoms with van der Waals surface area (Å²) in [7, 11) is 0. The van der Waals surface area contributed by atoms with Gasteiger partial charge < -0.3 is 15.0 Å². The number of para-hydroxylation sites is 1. The van der Waals surface area contributed by atoms with Crippen LogP contribution in [0.1, 0.15) is 31.7 Å². The number of benzene rings is 1. The maximum Gasteiger partial charge on any atom is 0.230 e. The van der Waals surface area contributed by atoms with Gasteiger partial charge in [0.15, 0.2) is 0 Å². The minimum atomic E-state index is -0.336. The molecule has 3 aliphatic rings. The molecule has 2 amide bonds. The normalized spacial score (nSPS) is 28.7. The number of amides is 2. The number of fused-ring (bicyclic) bond motifs is 1. The zero-order valence-corrected chi connectivity index (χ0v) is 15.8. The summed E-state index contributed by atoms with van der Waals surface area (Å²) < 4.78 is 5.40. The van der Waals surface area contributed by atoms with E-state index in [4.69, 9.17) is 4.74 Å². The van der Waals surface area contributed by atoms with Crippen molar-refractivity contribution in [2.45, 2.75) is 51.0 Å². The van der Waals surface area contributed by atoms with Crippen molar-refractivity contribution < 1.29 is 14.3 Å². The lowest BCUT2D eigenvalue weighted by atomic mass is 10.1. The zero-order valence-electron chi connectivity index (χ0n) is 15.8. The van der Waals surface area contributed by atoms with Gasteiger partial charge in [-0.05, 0) is 24.5 Å². The quantitative estimate of drug-likeness (QED) is 0.819. The fourth-order valence-corrected chi connectivity index (χ4v) is 4.39. The number of hydrogen-bond acceptors (Lipinski definition) is 5. The van der Waals surface area contributed by atoms with Crippen LogP contribution in [-0.2, 0) is 20.7 Å². The average Bonchev–Trinajstić information content (AvgIpc) is 3.07. The van der Waals surface area contributed by atoms with Crippen LogP contribution >= 0.6 is 0 Å². The van der Waals surface area contributed by atoms with Crippen LogP contribution in [0.4, 0.5) is 5.69 Å². The Bertz CT molecular complexity index is 704. The molecule has 2 N–H and O–H groups in total. The van der Waals surface area contributed by atoms with Gasteiger partial charge in [-0.15, -0.1) is 0 Å². The zero-order chi connectivity index (χ0) is 18.8. The second-order valence-electron chi connectivity index (χ2n) is 7.52. The van der Waals surface area contributed by atoms with E-state index in [9.17, 15) is 9.59 Å². The van der Waals surface area contributed by atoms with Crippen LogP contribution in [-0.4, -0.2) is 61.4 Å². The van der Waals surface area contributed by atoms with Crippen LogP contribution in [0.15, 0.2) is 24.3 Å². The van der Waals surface area contributed by atoms with E-state index < -0.39 is 0 Å². The van der Waals surface area contributed by atoms with Gasteiger partial charge in [0.2, 0.25) is 11.8 Å². The summed E-state index contributed by atoms with van der Waals surface area (Å²) in [4.78, 5) is 29.5. The van der Waals surface area contributed by atoms with E-state index in [2.05, 4.69) is 28.5 Å². The number of carbonyl (C=O) groups is 2. The van der Waals surface area contributed by atoms with Crippen molar-refractivity contribution in [1.82, 2.24) is 15.5 Å². The average molecular weight is 372 g/mol. The summed E-state index contributed by atoms with van der Waals surface area (Å²) in [5, 5.41) is 6.40. The summed E-state index contributed by atoms with van der Waals surface area (Å²) >= 11 is 0. The minimum Gasteiger partial charge on any atom is -0.379 e. The standard InChI is InChI=1S/C20H28N4O3/c1-2-15-11-14-5-3-4-6-16(14)24(15)20(26)12-17-21-18(13-19(25)22-17)23-7-9-27-10-8-23/h3-6,15,17-18,21H,2,7-13H2,1H3,(H,22,25). The first-order chi connectivity index (χ1) is 13.2. The van der Waals surface area contributed by atoms with E-state index in [-0.39, 0.29) is 36.6 Å². The van der Waals surface area contributed by atoms with Crippen molar-refractivity contribution in [2.75, 3.05) is 31.2 Å². The summed E-state index contributed by atoms with van der Waals surface area (Å²) in [5.41, 5.74) is 2.24. The Labute approximate surface area is 160 Å². The highest BCUT2D eigenvalue weighted by molar-refractivity contribution is 5.96. The molecule has 7 heteroatoms. The molecule has 0 saturated carbocycles. The molecular formula is C20H28N4O3. The van der Waals surface area contributed by atoms with E-state index >= 15 is 0 Å². The van der Waals surface area contributed by atoms with Crippen molar-refractivity contribution in [3.8, 4) is 0 Å². The molecule has 0 aromatic heterocycles. The molecule has 2 fully saturated rings. The maximum atomic E-state index is 13.1. The summed E-state index contributed by atoms with van der Waals surface area (Å²) in [6, 6.07) is 8.32. The Morgan fingerprint density at radius 2 is 2.00 bits per heavy atom. The molecule has 3 heterocycles. The highest BCUT2D eigenvalue weighted by Crippen LogP contribution is 2.34. The second-order valence-corrected chi connectivity index (χ2v) is 7.52. The Kier molecular flexibility index (Phi) is 5.43. The highest BCUT2D eigenvalue weighted by Gasteiger charge is 2.36. The lowest BCUT2D eigenvalue weighted by Gasteiger charge is -2.40. The van der Waals surface area contributed by atoms with Crippen LogP contribution in [0.25, 0.3) is 0 Å². The number of ether oxygens (including phenoxy) is 1. The van der Waals surface area contributed by atoms with Gasteiger partial charge in [0.1, 0.15) is 0 Å². The molecule has 27 heavy (non-hydrogen) atoms. The molecule has 146 valence electrons. The Morgan fingerprint density at radius 1 is 1.22 bits per heavy atom. The van der Waals surface area contributed by atoms with Crippen molar-refractivity contribution in [3.05, 3.63) is 29.8 Å². The first-order valence-electron chi connectivity index (χ1n) is 9.93. The fourth-order valence-electron chi connectivity index (χ4n) is 4.39. The molecule has 1 aromatic carbocycles. The summed E-state index contributed by atoms with van der Waals surface area (Å²) in [6.45, 7) is 5.11. The van der Waals surface area contributed by atoms with Crippen LogP contribution < -0.4 is 15.5 Å². The van der Waals surface area contributed by atoms with E-state index in [0.717, 1.165) is 31.6 Å². The Morgan fingerprint density at radius 3 is 2.78 bits per heavy atom. The highest BCUT2D eigenvalue weighted by atomic mass is 16.5. The number of nitrogens with one attached hydrogen (secondary N) is 2. The van der Waals surface area contributed by atoms with Gasteiger partial charge >= 0.3 is 0 Å². The van der Waals surface area contributed by atoms with E-state index in [1.54, 1.807) is 0 Å². The topological polar surface area (TPSA) is 73.9 Å². The second kappa shape index (κ2) is 7.96. The third kappa shape index (κ3) is 3.85. The molecule has 3 aliphatic heterocycles. The number of rotatable bonds is 4. The van der Waals surface area contributed by atoms with Gasteiger partial charge in [-0.2, -0.15) is 0 Å². The Hall–Kier alpha value is -1.96. The van der Waals surface area contributed by atoms with Gasteiger partial charge in [0.25, 0.3) is 0 Å². The van der Waals surface area contributed by atoms with Crippen molar-refractivity contribution in [2.24, 2.45) is 0 Å². The monoisotopic (exact) mass is 372 g/mol. The smallest absolute Gasteiger partial charge is 0.230 e. The molecule has 4 rings (SSSR count). The summed E-state index contributed by atoms with van der Waals surface area (Å²) in [5.74, 6) is 0.0594. The molecule has 0 aliphatic carbocycles. The van der Waals surface area contributed by atoms with E-state index in [0.29, 0.717) is 19.6 Å². The Balaban J connectivity index is 1.44. The lowest BCUT2D eigenvalue weighted by molar-refractivity contribution is -0.128. The van der Waals surface area contributed by atoms with Crippen LogP contribution in [0.2, 0.25) is 0 Å². The molecule has 1 aromatic rings.